The van der Waals surface area contributed by atoms with E-state index in [2.05, 4.69) is 24.4 Å². The quantitative estimate of drug-likeness (QED) is 0.645. The van der Waals surface area contributed by atoms with E-state index in [-0.39, 0.29) is 5.91 Å². The van der Waals surface area contributed by atoms with Crippen LogP contribution in [0.1, 0.15) is 36.9 Å². The van der Waals surface area contributed by atoms with Gasteiger partial charge in [-0.2, -0.15) is 5.10 Å². The van der Waals surface area contributed by atoms with E-state index in [1.54, 1.807) is 0 Å². The van der Waals surface area contributed by atoms with Crippen molar-refractivity contribution in [1.29, 1.82) is 0 Å². The molecule has 0 aliphatic heterocycles. The number of thiophene rings is 1. The van der Waals surface area contributed by atoms with Crippen LogP contribution in [-0.2, 0) is 0 Å². The van der Waals surface area contributed by atoms with Gasteiger partial charge in [-0.15, -0.1) is 11.3 Å². The first kappa shape index (κ1) is 15.0. The molecule has 0 saturated heterocycles. The Morgan fingerprint density at radius 3 is 2.75 bits per heavy atom. The summed E-state index contributed by atoms with van der Waals surface area (Å²) in [4.78, 5) is 12.6. The van der Waals surface area contributed by atoms with Crippen LogP contribution in [0.5, 0.6) is 0 Å². The summed E-state index contributed by atoms with van der Waals surface area (Å²) < 4.78 is 1.01. The Balaban J connectivity index is 2.18. The SMILES string of the molecule is C/C(CC(C)C)=N\NC(=O)c1sc2ccccc2c1Cl. The summed E-state index contributed by atoms with van der Waals surface area (Å²) in [5.41, 5.74) is 3.49. The van der Waals surface area contributed by atoms with Crippen molar-refractivity contribution in [3.05, 3.63) is 34.2 Å². The molecule has 1 aromatic heterocycles. The van der Waals surface area contributed by atoms with Crippen LogP contribution < -0.4 is 5.43 Å². The maximum absolute atomic E-state index is 12.1. The van der Waals surface area contributed by atoms with Crippen LogP contribution in [-0.4, -0.2) is 11.6 Å². The molecule has 2 rings (SSSR count). The van der Waals surface area contributed by atoms with Gasteiger partial charge in [0.2, 0.25) is 0 Å². The molecular weight excluding hydrogens is 292 g/mol. The second-order valence-corrected chi connectivity index (χ2v) is 6.56. The van der Waals surface area contributed by atoms with Gasteiger partial charge in [0, 0.05) is 15.8 Å². The highest BCUT2D eigenvalue weighted by Gasteiger charge is 2.16. The molecule has 1 heterocycles. The molecule has 0 radical (unpaired) electrons. The van der Waals surface area contributed by atoms with Crippen LogP contribution in [0.25, 0.3) is 10.1 Å². The molecule has 106 valence electrons. The minimum Gasteiger partial charge on any atom is -0.266 e. The lowest BCUT2D eigenvalue weighted by Crippen LogP contribution is -2.18. The van der Waals surface area contributed by atoms with Gasteiger partial charge in [-0.25, -0.2) is 5.43 Å². The Morgan fingerprint density at radius 2 is 2.10 bits per heavy atom. The lowest BCUT2D eigenvalue weighted by atomic mass is 10.1. The summed E-state index contributed by atoms with van der Waals surface area (Å²) in [6, 6.07) is 7.71. The third-order valence-corrected chi connectivity index (χ3v) is 4.47. The van der Waals surface area contributed by atoms with Gasteiger partial charge in [-0.05, 0) is 25.3 Å². The largest absolute Gasteiger partial charge is 0.283 e. The first-order chi connectivity index (χ1) is 9.49. The number of carbonyl (C=O) groups is 1. The number of hydrogen-bond donors (Lipinski definition) is 1. The Bertz CT molecular complexity index is 661. The van der Waals surface area contributed by atoms with Crippen LogP contribution in [0, 0.1) is 5.92 Å². The van der Waals surface area contributed by atoms with Crippen molar-refractivity contribution in [1.82, 2.24) is 5.43 Å². The minimum absolute atomic E-state index is 0.251. The third-order valence-electron chi connectivity index (χ3n) is 2.79. The molecule has 0 spiro atoms. The lowest BCUT2D eigenvalue weighted by molar-refractivity contribution is 0.0959. The molecule has 1 amide bonds. The average molecular weight is 309 g/mol. The van der Waals surface area contributed by atoms with E-state index in [1.165, 1.54) is 11.3 Å². The number of nitrogens with one attached hydrogen (secondary N) is 1. The van der Waals surface area contributed by atoms with E-state index in [9.17, 15) is 4.79 Å². The highest BCUT2D eigenvalue weighted by Crippen LogP contribution is 2.34. The summed E-state index contributed by atoms with van der Waals surface area (Å²) in [5, 5.41) is 5.53. The molecule has 20 heavy (non-hydrogen) atoms. The molecule has 1 aromatic carbocycles. The second kappa shape index (κ2) is 6.37. The molecule has 1 N–H and O–H groups in total. The molecule has 0 fully saturated rings. The first-order valence-corrected chi connectivity index (χ1v) is 7.69. The number of hydrogen-bond acceptors (Lipinski definition) is 3. The van der Waals surface area contributed by atoms with Crippen molar-refractivity contribution in [3.8, 4) is 0 Å². The van der Waals surface area contributed by atoms with Crippen LogP contribution in [0.2, 0.25) is 5.02 Å². The number of fused-ring (bicyclic) bond motifs is 1. The van der Waals surface area contributed by atoms with Gasteiger partial charge in [0.1, 0.15) is 4.88 Å². The maximum atomic E-state index is 12.1. The topological polar surface area (TPSA) is 41.5 Å². The predicted octanol–water partition coefficient (Wildman–Crippen LogP) is 4.71. The van der Waals surface area contributed by atoms with Crippen molar-refractivity contribution >= 4 is 44.6 Å². The van der Waals surface area contributed by atoms with Crippen molar-refractivity contribution in [2.75, 3.05) is 0 Å². The Kier molecular flexibility index (Phi) is 4.78. The van der Waals surface area contributed by atoms with Gasteiger partial charge in [0.05, 0.1) is 5.02 Å². The fourth-order valence-corrected chi connectivity index (χ4v) is 3.40. The van der Waals surface area contributed by atoms with Crippen LogP contribution in [0.4, 0.5) is 0 Å². The number of halogens is 1. The molecule has 0 saturated carbocycles. The summed E-state index contributed by atoms with van der Waals surface area (Å²) in [6.45, 7) is 6.14. The Labute approximate surface area is 127 Å². The molecule has 0 aliphatic rings. The molecule has 2 aromatic rings. The Morgan fingerprint density at radius 1 is 1.40 bits per heavy atom. The lowest BCUT2D eigenvalue weighted by Gasteiger charge is -2.04. The van der Waals surface area contributed by atoms with E-state index < -0.39 is 0 Å². The van der Waals surface area contributed by atoms with E-state index in [0.717, 1.165) is 22.2 Å². The maximum Gasteiger partial charge on any atom is 0.283 e. The molecule has 0 aliphatic carbocycles. The van der Waals surface area contributed by atoms with Crippen LogP contribution in [0.15, 0.2) is 29.4 Å². The smallest absolute Gasteiger partial charge is 0.266 e. The summed E-state index contributed by atoms with van der Waals surface area (Å²) in [7, 11) is 0. The zero-order valence-electron chi connectivity index (χ0n) is 11.7. The molecular formula is C15H17ClN2OS. The number of carbonyl (C=O) groups excluding carboxylic acids is 1. The first-order valence-electron chi connectivity index (χ1n) is 6.49. The number of hydrazone groups is 1. The van der Waals surface area contributed by atoms with E-state index in [1.807, 2.05) is 31.2 Å². The van der Waals surface area contributed by atoms with Gasteiger partial charge in [-0.1, -0.05) is 43.6 Å². The molecule has 5 heteroatoms. The number of benzene rings is 1. The number of amides is 1. The molecule has 0 bridgehead atoms. The fraction of sp³-hybridized carbons (Fsp3) is 0.333. The molecule has 0 atom stereocenters. The third kappa shape index (κ3) is 3.38. The Hall–Kier alpha value is -1.39. The predicted molar refractivity (Wildman–Crippen MR) is 86.9 cm³/mol. The summed E-state index contributed by atoms with van der Waals surface area (Å²) in [5.74, 6) is 0.267. The highest BCUT2D eigenvalue weighted by atomic mass is 35.5. The minimum atomic E-state index is -0.251. The van der Waals surface area contributed by atoms with E-state index in [4.69, 9.17) is 11.6 Å². The number of rotatable bonds is 4. The zero-order valence-corrected chi connectivity index (χ0v) is 13.3. The average Bonchev–Trinajstić information content (AvgIpc) is 2.73. The van der Waals surface area contributed by atoms with Gasteiger partial charge in [-0.3, -0.25) is 4.79 Å². The van der Waals surface area contributed by atoms with Gasteiger partial charge in [0.15, 0.2) is 0 Å². The van der Waals surface area contributed by atoms with Gasteiger partial charge in [0.25, 0.3) is 5.91 Å². The van der Waals surface area contributed by atoms with Gasteiger partial charge >= 0.3 is 0 Å². The standard InChI is InChI=1S/C15H17ClN2OS/c1-9(2)8-10(3)17-18-15(19)14-13(16)11-6-4-5-7-12(11)20-14/h4-7,9H,8H2,1-3H3,(H,18,19)/b17-10+. The highest BCUT2D eigenvalue weighted by molar-refractivity contribution is 7.21. The normalized spacial score (nSPS) is 12.2. The van der Waals surface area contributed by atoms with E-state index in [0.29, 0.717) is 15.8 Å². The van der Waals surface area contributed by atoms with Gasteiger partial charge < -0.3 is 0 Å². The molecule has 3 nitrogen and oxygen atoms in total. The monoisotopic (exact) mass is 308 g/mol. The molecule has 0 unspecified atom stereocenters. The summed E-state index contributed by atoms with van der Waals surface area (Å²) >= 11 is 7.64. The van der Waals surface area contributed by atoms with Crippen molar-refractivity contribution in [3.63, 3.8) is 0 Å². The van der Waals surface area contributed by atoms with Crippen molar-refractivity contribution in [2.24, 2.45) is 11.0 Å². The number of nitrogens with zero attached hydrogens (tertiary/aromatic N) is 1. The fourth-order valence-electron chi connectivity index (χ4n) is 1.99. The van der Waals surface area contributed by atoms with Crippen LogP contribution >= 0.6 is 22.9 Å². The van der Waals surface area contributed by atoms with Crippen LogP contribution in [0.3, 0.4) is 0 Å². The summed E-state index contributed by atoms with van der Waals surface area (Å²) in [6.07, 6.45) is 0.862. The van der Waals surface area contributed by atoms with E-state index >= 15 is 0 Å². The van der Waals surface area contributed by atoms with Crippen molar-refractivity contribution < 1.29 is 4.79 Å². The van der Waals surface area contributed by atoms with Crippen molar-refractivity contribution in [2.45, 2.75) is 27.2 Å². The second-order valence-electron chi connectivity index (χ2n) is 5.13. The zero-order chi connectivity index (χ0) is 14.7.